The molecule has 3 rings (SSSR count). The highest BCUT2D eigenvalue weighted by atomic mass is 35.5. The minimum absolute atomic E-state index is 0.291. The summed E-state index contributed by atoms with van der Waals surface area (Å²) in [7, 11) is 0. The van der Waals surface area contributed by atoms with Crippen molar-refractivity contribution in [1.82, 2.24) is 0 Å². The smallest absolute Gasteiger partial charge is 0.0418 e. The van der Waals surface area contributed by atoms with Crippen LogP contribution in [0.1, 0.15) is 22.8 Å². The summed E-state index contributed by atoms with van der Waals surface area (Å²) in [5.41, 5.74) is 1.45. The van der Waals surface area contributed by atoms with Crippen LogP contribution in [-0.2, 0) is 6.42 Å². The molecule has 1 aliphatic rings. The van der Waals surface area contributed by atoms with E-state index in [1.807, 2.05) is 11.3 Å². The lowest BCUT2D eigenvalue weighted by molar-refractivity contribution is 0.719. The van der Waals surface area contributed by atoms with Crippen molar-refractivity contribution in [1.29, 1.82) is 0 Å². The lowest BCUT2D eigenvalue weighted by Gasteiger charge is -2.07. The van der Waals surface area contributed by atoms with Crippen LogP contribution in [0.25, 0.3) is 0 Å². The number of hydrogen-bond acceptors (Lipinski definition) is 1. The van der Waals surface area contributed by atoms with Gasteiger partial charge in [-0.3, -0.25) is 0 Å². The van der Waals surface area contributed by atoms with Crippen molar-refractivity contribution in [2.45, 2.75) is 24.1 Å². The first-order valence-electron chi connectivity index (χ1n) is 6.06. The Morgan fingerprint density at radius 1 is 1.18 bits per heavy atom. The molecule has 0 radical (unpaired) electrons. The second kappa shape index (κ2) is 4.83. The van der Waals surface area contributed by atoms with Crippen LogP contribution in [0.4, 0.5) is 0 Å². The zero-order valence-corrected chi connectivity index (χ0v) is 11.1. The lowest BCUT2D eigenvalue weighted by atomic mass is 10.1. The molecule has 2 aromatic rings. The first kappa shape index (κ1) is 11.3. The third-order valence-electron chi connectivity index (χ3n) is 3.51. The molecular formula is C15H15ClS. The highest BCUT2D eigenvalue weighted by molar-refractivity contribution is 7.09. The highest BCUT2D eigenvalue weighted by Gasteiger charge is 2.42. The van der Waals surface area contributed by atoms with Crippen LogP contribution in [0, 0.1) is 5.92 Å². The van der Waals surface area contributed by atoms with Gasteiger partial charge in [-0.25, -0.2) is 0 Å². The summed E-state index contributed by atoms with van der Waals surface area (Å²) in [5, 5.41) is 2.42. The van der Waals surface area contributed by atoms with Crippen LogP contribution >= 0.6 is 22.9 Å². The molecule has 1 aliphatic carbocycles. The van der Waals surface area contributed by atoms with Gasteiger partial charge in [0.15, 0.2) is 0 Å². The van der Waals surface area contributed by atoms with Crippen molar-refractivity contribution in [2.24, 2.45) is 5.92 Å². The average molecular weight is 263 g/mol. The van der Waals surface area contributed by atoms with E-state index in [2.05, 4.69) is 47.8 Å². The first-order chi connectivity index (χ1) is 8.34. The SMILES string of the molecule is ClC(Cc1cccs1)C1CC1c1ccccc1. The summed E-state index contributed by atoms with van der Waals surface area (Å²) in [4.78, 5) is 1.41. The molecule has 17 heavy (non-hydrogen) atoms. The fourth-order valence-electron chi connectivity index (χ4n) is 2.47. The van der Waals surface area contributed by atoms with E-state index in [-0.39, 0.29) is 0 Å². The highest BCUT2D eigenvalue weighted by Crippen LogP contribution is 2.51. The maximum atomic E-state index is 6.52. The summed E-state index contributed by atoms with van der Waals surface area (Å²) in [6.07, 6.45) is 2.27. The molecule has 1 heterocycles. The molecule has 0 spiro atoms. The third kappa shape index (κ3) is 2.56. The Morgan fingerprint density at radius 3 is 2.71 bits per heavy atom. The molecule has 0 amide bonds. The lowest BCUT2D eigenvalue weighted by Crippen LogP contribution is -2.06. The normalized spacial score (nSPS) is 24.5. The molecule has 1 aromatic carbocycles. The predicted molar refractivity (Wildman–Crippen MR) is 75.0 cm³/mol. The quantitative estimate of drug-likeness (QED) is 0.701. The number of benzene rings is 1. The Kier molecular flexibility index (Phi) is 3.21. The fraction of sp³-hybridized carbons (Fsp3) is 0.333. The van der Waals surface area contributed by atoms with Gasteiger partial charge in [0.2, 0.25) is 0 Å². The van der Waals surface area contributed by atoms with E-state index in [1.54, 1.807) is 0 Å². The number of halogens is 1. The molecule has 88 valence electrons. The minimum atomic E-state index is 0.291. The largest absolute Gasteiger partial charge is 0.149 e. The van der Waals surface area contributed by atoms with Crippen LogP contribution in [-0.4, -0.2) is 5.38 Å². The molecule has 0 aliphatic heterocycles. The maximum absolute atomic E-state index is 6.52. The minimum Gasteiger partial charge on any atom is -0.149 e. The van der Waals surface area contributed by atoms with Gasteiger partial charge in [-0.2, -0.15) is 0 Å². The van der Waals surface area contributed by atoms with Crippen LogP contribution < -0.4 is 0 Å². The fourth-order valence-corrected chi connectivity index (χ4v) is 3.77. The Balaban J connectivity index is 1.61. The van der Waals surface area contributed by atoms with Crippen molar-refractivity contribution in [3.05, 3.63) is 58.3 Å². The van der Waals surface area contributed by atoms with Crippen LogP contribution in [0.3, 0.4) is 0 Å². The summed E-state index contributed by atoms with van der Waals surface area (Å²) in [6, 6.07) is 15.0. The molecule has 0 N–H and O–H groups in total. The molecule has 3 unspecified atom stereocenters. The van der Waals surface area contributed by atoms with E-state index in [4.69, 9.17) is 11.6 Å². The zero-order valence-electron chi connectivity index (χ0n) is 9.55. The van der Waals surface area contributed by atoms with Gasteiger partial charge in [0.05, 0.1) is 0 Å². The number of thiophene rings is 1. The van der Waals surface area contributed by atoms with Gasteiger partial charge in [0.25, 0.3) is 0 Å². The van der Waals surface area contributed by atoms with Gasteiger partial charge in [0, 0.05) is 10.3 Å². The molecule has 0 bridgehead atoms. The Labute approximate surface area is 111 Å². The number of alkyl halides is 1. The van der Waals surface area contributed by atoms with Gasteiger partial charge in [-0.15, -0.1) is 22.9 Å². The molecule has 1 aromatic heterocycles. The van der Waals surface area contributed by atoms with Crippen molar-refractivity contribution in [3.8, 4) is 0 Å². The number of hydrogen-bond donors (Lipinski definition) is 0. The molecule has 0 saturated heterocycles. The molecule has 0 nitrogen and oxygen atoms in total. The van der Waals surface area contributed by atoms with E-state index >= 15 is 0 Å². The van der Waals surface area contributed by atoms with Gasteiger partial charge >= 0.3 is 0 Å². The standard InChI is InChI=1S/C15H15ClS/c16-15(9-12-7-4-8-17-12)14-10-13(14)11-5-2-1-3-6-11/h1-8,13-15H,9-10H2. The molecule has 1 saturated carbocycles. The monoisotopic (exact) mass is 262 g/mol. The van der Waals surface area contributed by atoms with Crippen molar-refractivity contribution >= 4 is 22.9 Å². The van der Waals surface area contributed by atoms with Crippen LogP contribution in [0.5, 0.6) is 0 Å². The Hall–Kier alpha value is -0.790. The van der Waals surface area contributed by atoms with E-state index in [9.17, 15) is 0 Å². The van der Waals surface area contributed by atoms with E-state index in [0.29, 0.717) is 17.2 Å². The summed E-state index contributed by atoms with van der Waals surface area (Å²) in [6.45, 7) is 0. The van der Waals surface area contributed by atoms with Crippen molar-refractivity contribution in [2.75, 3.05) is 0 Å². The average Bonchev–Trinajstić information content (AvgIpc) is 3.02. The summed E-state index contributed by atoms with van der Waals surface area (Å²) >= 11 is 8.33. The summed E-state index contributed by atoms with van der Waals surface area (Å²) < 4.78 is 0. The van der Waals surface area contributed by atoms with Crippen molar-refractivity contribution < 1.29 is 0 Å². The van der Waals surface area contributed by atoms with Gasteiger partial charge in [0.1, 0.15) is 0 Å². The first-order valence-corrected chi connectivity index (χ1v) is 7.37. The van der Waals surface area contributed by atoms with Crippen LogP contribution in [0.2, 0.25) is 0 Å². The van der Waals surface area contributed by atoms with Gasteiger partial charge in [-0.05, 0) is 41.7 Å². The second-order valence-electron chi connectivity index (χ2n) is 4.72. The summed E-state index contributed by atoms with van der Waals surface area (Å²) in [5.74, 6) is 1.36. The molecule has 2 heteroatoms. The Morgan fingerprint density at radius 2 is 2.00 bits per heavy atom. The van der Waals surface area contributed by atoms with Gasteiger partial charge in [-0.1, -0.05) is 36.4 Å². The topological polar surface area (TPSA) is 0 Å². The third-order valence-corrected chi connectivity index (χ3v) is 4.89. The molecular weight excluding hydrogens is 248 g/mol. The van der Waals surface area contributed by atoms with E-state index in [1.165, 1.54) is 16.9 Å². The van der Waals surface area contributed by atoms with Gasteiger partial charge < -0.3 is 0 Å². The molecule has 1 fully saturated rings. The van der Waals surface area contributed by atoms with Crippen molar-refractivity contribution in [3.63, 3.8) is 0 Å². The van der Waals surface area contributed by atoms with Crippen LogP contribution in [0.15, 0.2) is 47.8 Å². The molecule has 3 atom stereocenters. The van der Waals surface area contributed by atoms with E-state index in [0.717, 1.165) is 6.42 Å². The second-order valence-corrected chi connectivity index (χ2v) is 6.31. The predicted octanol–water partition coefficient (Wildman–Crippen LogP) is 4.70. The number of rotatable bonds is 4. The van der Waals surface area contributed by atoms with E-state index < -0.39 is 0 Å². The zero-order chi connectivity index (χ0) is 11.7. The Bertz CT molecular complexity index is 463. The maximum Gasteiger partial charge on any atom is 0.0418 e.